The second kappa shape index (κ2) is 11.0. The van der Waals surface area contributed by atoms with Gasteiger partial charge in [0.1, 0.15) is 11.6 Å². The second-order valence-electron chi connectivity index (χ2n) is 8.17. The van der Waals surface area contributed by atoms with Crippen molar-refractivity contribution in [1.82, 2.24) is 9.62 Å². The van der Waals surface area contributed by atoms with E-state index in [0.717, 1.165) is 11.1 Å². The third-order valence-electron chi connectivity index (χ3n) is 5.90. The fourth-order valence-electron chi connectivity index (χ4n) is 3.90. The van der Waals surface area contributed by atoms with Crippen LogP contribution in [0.2, 0.25) is 0 Å². The molecule has 1 saturated heterocycles. The molecule has 184 valence electrons. The van der Waals surface area contributed by atoms with Gasteiger partial charge in [0.15, 0.2) is 0 Å². The van der Waals surface area contributed by atoms with Crippen LogP contribution in [0.4, 0.5) is 4.39 Å². The smallest absolute Gasteiger partial charge is 0.251 e. The second-order valence-corrected chi connectivity index (χ2v) is 10.1. The molecular weight excluding hydrogens is 471 g/mol. The number of carbonyl (C=O) groups is 1. The molecule has 0 aromatic heterocycles. The van der Waals surface area contributed by atoms with Crippen molar-refractivity contribution < 1.29 is 27.1 Å². The molecule has 1 heterocycles. The monoisotopic (exact) mass is 498 g/mol. The Morgan fingerprint density at radius 2 is 1.63 bits per heavy atom. The van der Waals surface area contributed by atoms with E-state index in [-0.39, 0.29) is 16.6 Å². The molecule has 1 amide bonds. The summed E-state index contributed by atoms with van der Waals surface area (Å²) in [6, 6.07) is 19.0. The van der Waals surface area contributed by atoms with Crippen molar-refractivity contribution >= 4 is 15.9 Å². The molecule has 1 fully saturated rings. The van der Waals surface area contributed by atoms with E-state index in [2.05, 4.69) is 5.32 Å². The third kappa shape index (κ3) is 6.05. The van der Waals surface area contributed by atoms with Crippen molar-refractivity contribution in [3.63, 3.8) is 0 Å². The Morgan fingerprint density at radius 3 is 2.23 bits per heavy atom. The van der Waals surface area contributed by atoms with Gasteiger partial charge in [-0.25, -0.2) is 12.8 Å². The zero-order valence-electron chi connectivity index (χ0n) is 19.3. The number of ether oxygens (including phenoxy) is 2. The van der Waals surface area contributed by atoms with Gasteiger partial charge in [-0.15, -0.1) is 0 Å². The summed E-state index contributed by atoms with van der Waals surface area (Å²) < 4.78 is 50.9. The van der Waals surface area contributed by atoms with Gasteiger partial charge in [0, 0.05) is 18.7 Å². The molecule has 0 spiro atoms. The van der Waals surface area contributed by atoms with E-state index >= 15 is 0 Å². The Labute approximate surface area is 204 Å². The molecule has 4 rings (SSSR count). The summed E-state index contributed by atoms with van der Waals surface area (Å²) in [5.74, 6) is 0.0202. The third-order valence-corrected chi connectivity index (χ3v) is 7.81. The van der Waals surface area contributed by atoms with Crippen LogP contribution in [0.15, 0.2) is 77.7 Å². The normalized spacial score (nSPS) is 15.4. The molecule has 1 aliphatic heterocycles. The number of methoxy groups -OCH3 is 1. The van der Waals surface area contributed by atoms with Gasteiger partial charge in [0.2, 0.25) is 10.0 Å². The van der Waals surface area contributed by atoms with Crippen molar-refractivity contribution in [2.45, 2.75) is 17.4 Å². The van der Waals surface area contributed by atoms with Gasteiger partial charge in [0.05, 0.1) is 31.3 Å². The van der Waals surface area contributed by atoms with Crippen molar-refractivity contribution in [1.29, 1.82) is 0 Å². The number of rotatable bonds is 8. The standard InChI is InChI=1S/C26H27FN2O5S/c1-33-23-10-4-20(5-11-23)25(18-19-2-8-22(27)9-3-19)28-26(30)21-6-12-24(13-7-21)35(31,32)29-14-16-34-17-15-29/h2-13,25H,14-18H2,1H3,(H,28,30). The van der Waals surface area contributed by atoms with Crippen LogP contribution in [0.25, 0.3) is 0 Å². The predicted molar refractivity (Wildman–Crippen MR) is 129 cm³/mol. The van der Waals surface area contributed by atoms with Crippen LogP contribution in [0.5, 0.6) is 5.75 Å². The van der Waals surface area contributed by atoms with Crippen LogP contribution in [-0.2, 0) is 21.2 Å². The minimum Gasteiger partial charge on any atom is -0.497 e. The number of carbonyl (C=O) groups excluding carboxylic acids is 1. The molecule has 1 aliphatic rings. The minimum atomic E-state index is -3.64. The van der Waals surface area contributed by atoms with Crippen LogP contribution in [-0.4, -0.2) is 52.0 Å². The summed E-state index contributed by atoms with van der Waals surface area (Å²) in [5.41, 5.74) is 2.05. The van der Waals surface area contributed by atoms with E-state index in [1.165, 1.54) is 40.7 Å². The van der Waals surface area contributed by atoms with E-state index < -0.39 is 16.1 Å². The van der Waals surface area contributed by atoms with E-state index in [9.17, 15) is 17.6 Å². The topological polar surface area (TPSA) is 84.9 Å². The SMILES string of the molecule is COc1ccc(C(Cc2ccc(F)cc2)NC(=O)c2ccc(S(=O)(=O)N3CCOCC3)cc2)cc1. The van der Waals surface area contributed by atoms with Crippen molar-refractivity contribution in [2.24, 2.45) is 0 Å². The Bertz CT molecular complexity index is 1240. The van der Waals surface area contributed by atoms with Crippen molar-refractivity contribution in [2.75, 3.05) is 33.4 Å². The van der Waals surface area contributed by atoms with Crippen molar-refractivity contribution in [3.05, 3.63) is 95.3 Å². The zero-order valence-corrected chi connectivity index (χ0v) is 20.1. The number of hydrogen-bond donors (Lipinski definition) is 1. The highest BCUT2D eigenvalue weighted by molar-refractivity contribution is 7.89. The highest BCUT2D eigenvalue weighted by Gasteiger charge is 2.26. The molecule has 1 unspecified atom stereocenters. The largest absolute Gasteiger partial charge is 0.497 e. The fraction of sp³-hybridized carbons (Fsp3) is 0.269. The van der Waals surface area contributed by atoms with Crippen molar-refractivity contribution in [3.8, 4) is 5.75 Å². The lowest BCUT2D eigenvalue weighted by Gasteiger charge is -2.26. The maximum Gasteiger partial charge on any atom is 0.251 e. The molecule has 0 aliphatic carbocycles. The average molecular weight is 499 g/mol. The van der Waals surface area contributed by atoms with Crippen LogP contribution < -0.4 is 10.1 Å². The Hall–Kier alpha value is -3.27. The van der Waals surface area contributed by atoms with Gasteiger partial charge in [-0.3, -0.25) is 4.79 Å². The first-order valence-electron chi connectivity index (χ1n) is 11.2. The van der Waals surface area contributed by atoms with Gasteiger partial charge in [0.25, 0.3) is 5.91 Å². The molecule has 9 heteroatoms. The number of halogens is 1. The van der Waals surface area contributed by atoms with E-state index in [1.807, 2.05) is 24.3 Å². The summed E-state index contributed by atoms with van der Waals surface area (Å²) in [4.78, 5) is 13.2. The number of morpholine rings is 1. The summed E-state index contributed by atoms with van der Waals surface area (Å²) in [6.45, 7) is 1.33. The van der Waals surface area contributed by atoms with E-state index in [0.29, 0.717) is 44.0 Å². The number of nitrogens with one attached hydrogen (secondary N) is 1. The molecule has 3 aromatic carbocycles. The van der Waals surface area contributed by atoms with Gasteiger partial charge in [-0.05, 0) is 66.1 Å². The number of hydrogen-bond acceptors (Lipinski definition) is 5. The predicted octanol–water partition coefficient (Wildman–Crippen LogP) is 3.57. The molecule has 1 N–H and O–H groups in total. The summed E-state index contributed by atoms with van der Waals surface area (Å²) in [6.07, 6.45) is 0.446. The number of sulfonamides is 1. The van der Waals surface area contributed by atoms with Crippen LogP contribution in [0.3, 0.4) is 0 Å². The maximum absolute atomic E-state index is 13.4. The average Bonchev–Trinajstić information content (AvgIpc) is 2.90. The summed E-state index contributed by atoms with van der Waals surface area (Å²) in [7, 11) is -2.06. The molecule has 35 heavy (non-hydrogen) atoms. The highest BCUT2D eigenvalue weighted by Crippen LogP contribution is 2.23. The summed E-state index contributed by atoms with van der Waals surface area (Å²) in [5, 5.41) is 3.02. The number of amides is 1. The lowest BCUT2D eigenvalue weighted by atomic mass is 9.98. The lowest BCUT2D eigenvalue weighted by molar-refractivity contribution is 0.0730. The van der Waals surface area contributed by atoms with Crippen LogP contribution >= 0.6 is 0 Å². The zero-order chi connectivity index (χ0) is 24.8. The first-order valence-corrected chi connectivity index (χ1v) is 12.7. The van der Waals surface area contributed by atoms with Crippen LogP contribution in [0.1, 0.15) is 27.5 Å². The highest BCUT2D eigenvalue weighted by atomic mass is 32.2. The van der Waals surface area contributed by atoms with Gasteiger partial charge in [-0.2, -0.15) is 4.31 Å². The first-order chi connectivity index (χ1) is 16.9. The number of benzene rings is 3. The Morgan fingerprint density at radius 1 is 1.00 bits per heavy atom. The molecule has 0 saturated carbocycles. The molecule has 0 radical (unpaired) electrons. The molecule has 7 nitrogen and oxygen atoms in total. The molecule has 3 aromatic rings. The Kier molecular flexibility index (Phi) is 7.80. The maximum atomic E-state index is 13.4. The number of nitrogens with zero attached hydrogens (tertiary/aromatic N) is 1. The molecule has 0 bridgehead atoms. The summed E-state index contributed by atoms with van der Waals surface area (Å²) >= 11 is 0. The molecule has 1 atom stereocenters. The first kappa shape index (κ1) is 24.8. The van der Waals surface area contributed by atoms with Gasteiger partial charge in [-0.1, -0.05) is 24.3 Å². The lowest BCUT2D eigenvalue weighted by Crippen LogP contribution is -2.40. The fourth-order valence-corrected chi connectivity index (χ4v) is 5.31. The Balaban J connectivity index is 1.53. The minimum absolute atomic E-state index is 0.133. The molecular formula is C26H27FN2O5S. The van der Waals surface area contributed by atoms with Gasteiger partial charge < -0.3 is 14.8 Å². The quantitative estimate of drug-likeness (QED) is 0.513. The van der Waals surface area contributed by atoms with Crippen LogP contribution in [0, 0.1) is 5.82 Å². The van der Waals surface area contributed by atoms with E-state index in [4.69, 9.17) is 9.47 Å². The van der Waals surface area contributed by atoms with E-state index in [1.54, 1.807) is 19.2 Å². The van der Waals surface area contributed by atoms with Gasteiger partial charge >= 0.3 is 0 Å².